The second-order valence-electron chi connectivity index (χ2n) is 3.91. The van der Waals surface area contributed by atoms with Crippen molar-refractivity contribution in [2.45, 2.75) is 0 Å². The quantitative estimate of drug-likeness (QED) is 0.475. The van der Waals surface area contributed by atoms with Gasteiger partial charge in [-0.2, -0.15) is 0 Å². The molecule has 0 atom stereocenters. The minimum atomic E-state index is -1.20. The first kappa shape index (κ1) is 16.4. The van der Waals surface area contributed by atoms with E-state index in [1.807, 2.05) is 0 Å². The van der Waals surface area contributed by atoms with Crippen molar-refractivity contribution >= 4 is 35.0 Å². The lowest BCUT2D eigenvalue weighted by atomic mass is 10.3. The number of carboxylic acid groups (broad SMARTS) is 1. The first-order valence-corrected chi connectivity index (χ1v) is 6.05. The molecule has 112 valence electrons. The molecule has 2 amide bonds. The van der Waals surface area contributed by atoms with E-state index in [2.05, 4.69) is 11.9 Å². The molecule has 0 unspecified atom stereocenters. The number of aliphatic carboxylic acids is 1. The lowest BCUT2D eigenvalue weighted by molar-refractivity contribution is -0.384. The number of carboxylic acids is 1. The predicted octanol–water partition coefficient (Wildman–Crippen LogP) is 2.35. The number of non-ortho nitro benzene ring substituents is 1. The van der Waals surface area contributed by atoms with Crippen molar-refractivity contribution in [1.29, 1.82) is 0 Å². The molecule has 0 bridgehead atoms. The Morgan fingerprint density at radius 2 is 2.19 bits per heavy atom. The summed E-state index contributed by atoms with van der Waals surface area (Å²) in [6, 6.07) is 2.80. The van der Waals surface area contributed by atoms with Crippen LogP contribution in [0.25, 0.3) is 0 Å². The number of halogens is 1. The molecular weight excluding hydrogens is 302 g/mol. The van der Waals surface area contributed by atoms with E-state index in [1.54, 1.807) is 0 Å². The Hall–Kier alpha value is -2.61. The number of carbonyl (C=O) groups excluding carboxylic acids is 1. The molecule has 0 saturated carbocycles. The first-order valence-electron chi connectivity index (χ1n) is 5.67. The van der Waals surface area contributed by atoms with Crippen LogP contribution in [0, 0.1) is 10.1 Å². The van der Waals surface area contributed by atoms with E-state index >= 15 is 0 Å². The number of hydrogen-bond donors (Lipinski definition) is 2. The molecule has 0 aliphatic rings. The van der Waals surface area contributed by atoms with Crippen LogP contribution in [0.3, 0.4) is 0 Å². The summed E-state index contributed by atoms with van der Waals surface area (Å²) >= 11 is 5.84. The number of carbonyl (C=O) groups is 2. The van der Waals surface area contributed by atoms with Gasteiger partial charge in [0.2, 0.25) is 0 Å². The SMILES string of the molecule is C=CCN(CC(=O)O)C(=O)Nc1cc([N+](=O)[O-])ccc1Cl. The van der Waals surface area contributed by atoms with Gasteiger partial charge < -0.3 is 15.3 Å². The van der Waals surface area contributed by atoms with Gasteiger partial charge in [-0.1, -0.05) is 17.7 Å². The Kier molecular flexibility index (Phi) is 5.67. The fraction of sp³-hybridized carbons (Fsp3) is 0.167. The number of nitro groups is 1. The van der Waals surface area contributed by atoms with Gasteiger partial charge in [-0.3, -0.25) is 14.9 Å². The van der Waals surface area contributed by atoms with E-state index in [-0.39, 0.29) is 22.9 Å². The lowest BCUT2D eigenvalue weighted by Gasteiger charge is -2.19. The van der Waals surface area contributed by atoms with Crippen LogP contribution in [0.15, 0.2) is 30.9 Å². The van der Waals surface area contributed by atoms with Crippen molar-refractivity contribution in [3.05, 3.63) is 46.0 Å². The number of nitro benzene ring substituents is 1. The highest BCUT2D eigenvalue weighted by molar-refractivity contribution is 6.33. The van der Waals surface area contributed by atoms with Gasteiger partial charge >= 0.3 is 12.0 Å². The molecule has 1 aromatic rings. The van der Waals surface area contributed by atoms with Crippen molar-refractivity contribution in [1.82, 2.24) is 4.90 Å². The molecular formula is C12H12ClN3O5. The predicted molar refractivity (Wildman–Crippen MR) is 76.5 cm³/mol. The van der Waals surface area contributed by atoms with Gasteiger partial charge in [-0.05, 0) is 6.07 Å². The zero-order chi connectivity index (χ0) is 16.0. The number of nitrogens with one attached hydrogen (secondary N) is 1. The number of urea groups is 1. The lowest BCUT2D eigenvalue weighted by Crippen LogP contribution is -2.38. The molecule has 8 nitrogen and oxygen atoms in total. The Morgan fingerprint density at radius 3 is 2.71 bits per heavy atom. The molecule has 0 aromatic heterocycles. The van der Waals surface area contributed by atoms with Crippen LogP contribution in [0.4, 0.5) is 16.2 Å². The molecule has 0 saturated heterocycles. The molecule has 0 aliphatic carbocycles. The topological polar surface area (TPSA) is 113 Å². The van der Waals surface area contributed by atoms with Crippen LogP contribution < -0.4 is 5.32 Å². The molecule has 0 heterocycles. The standard InChI is InChI=1S/C12H12ClN3O5/c1-2-5-15(7-11(17)18)12(19)14-10-6-8(16(20)21)3-4-9(10)13/h2-4,6H,1,5,7H2,(H,14,19)(H,17,18). The van der Waals surface area contributed by atoms with E-state index in [1.165, 1.54) is 18.2 Å². The summed E-state index contributed by atoms with van der Waals surface area (Å²) in [5, 5.41) is 21.8. The van der Waals surface area contributed by atoms with Gasteiger partial charge in [0.25, 0.3) is 5.69 Å². The van der Waals surface area contributed by atoms with Gasteiger partial charge in [-0.25, -0.2) is 4.79 Å². The maximum atomic E-state index is 11.9. The third-order valence-electron chi connectivity index (χ3n) is 2.37. The molecule has 21 heavy (non-hydrogen) atoms. The third-order valence-corrected chi connectivity index (χ3v) is 2.69. The fourth-order valence-electron chi connectivity index (χ4n) is 1.46. The Labute approximate surface area is 124 Å². The molecule has 0 spiro atoms. The van der Waals surface area contributed by atoms with E-state index in [0.29, 0.717) is 0 Å². The molecule has 9 heteroatoms. The maximum Gasteiger partial charge on any atom is 0.323 e. The zero-order valence-corrected chi connectivity index (χ0v) is 11.5. The average Bonchev–Trinajstić information content (AvgIpc) is 2.40. The van der Waals surface area contributed by atoms with E-state index in [0.717, 1.165) is 11.0 Å². The summed E-state index contributed by atoms with van der Waals surface area (Å²) in [6.07, 6.45) is 1.36. The Morgan fingerprint density at radius 1 is 1.52 bits per heavy atom. The summed E-state index contributed by atoms with van der Waals surface area (Å²) in [5.74, 6) is -1.20. The summed E-state index contributed by atoms with van der Waals surface area (Å²) in [4.78, 5) is 33.6. The minimum Gasteiger partial charge on any atom is -0.480 e. The van der Waals surface area contributed by atoms with Crippen LogP contribution in [0.2, 0.25) is 5.02 Å². The highest BCUT2D eigenvalue weighted by Crippen LogP contribution is 2.26. The van der Waals surface area contributed by atoms with Gasteiger partial charge in [-0.15, -0.1) is 6.58 Å². The zero-order valence-electron chi connectivity index (χ0n) is 10.8. The Bertz CT molecular complexity index is 590. The fourth-order valence-corrected chi connectivity index (χ4v) is 1.62. The monoisotopic (exact) mass is 313 g/mol. The van der Waals surface area contributed by atoms with Gasteiger partial charge in [0.05, 0.1) is 15.6 Å². The number of hydrogen-bond acceptors (Lipinski definition) is 4. The number of rotatable bonds is 6. The molecule has 0 fully saturated rings. The number of benzene rings is 1. The second kappa shape index (κ2) is 7.25. The van der Waals surface area contributed by atoms with Crippen molar-refractivity contribution in [3.8, 4) is 0 Å². The number of amides is 2. The summed E-state index contributed by atoms with van der Waals surface area (Å²) in [5.41, 5.74) is -0.224. The number of anilines is 1. The average molecular weight is 314 g/mol. The van der Waals surface area contributed by atoms with E-state index < -0.39 is 23.5 Å². The smallest absolute Gasteiger partial charge is 0.323 e. The first-order chi connectivity index (χ1) is 9.85. The Balaban J connectivity index is 2.94. The van der Waals surface area contributed by atoms with Gasteiger partial charge in [0.15, 0.2) is 0 Å². The molecule has 1 aromatic carbocycles. The maximum absolute atomic E-state index is 11.9. The largest absolute Gasteiger partial charge is 0.480 e. The molecule has 0 aliphatic heterocycles. The van der Waals surface area contributed by atoms with Crippen molar-refractivity contribution in [2.75, 3.05) is 18.4 Å². The van der Waals surface area contributed by atoms with E-state index in [4.69, 9.17) is 16.7 Å². The third kappa shape index (κ3) is 4.77. The van der Waals surface area contributed by atoms with Crippen LogP contribution in [0.5, 0.6) is 0 Å². The van der Waals surface area contributed by atoms with Crippen LogP contribution in [-0.4, -0.2) is 40.0 Å². The van der Waals surface area contributed by atoms with Crippen LogP contribution in [0.1, 0.15) is 0 Å². The summed E-state index contributed by atoms with van der Waals surface area (Å²) < 4.78 is 0. The summed E-state index contributed by atoms with van der Waals surface area (Å²) in [7, 11) is 0. The summed E-state index contributed by atoms with van der Waals surface area (Å²) in [6.45, 7) is 2.89. The molecule has 0 radical (unpaired) electrons. The number of nitrogens with zero attached hydrogens (tertiary/aromatic N) is 2. The highest BCUT2D eigenvalue weighted by Gasteiger charge is 2.18. The van der Waals surface area contributed by atoms with Crippen molar-refractivity contribution in [2.24, 2.45) is 0 Å². The van der Waals surface area contributed by atoms with Crippen molar-refractivity contribution < 1.29 is 19.6 Å². The van der Waals surface area contributed by atoms with Crippen molar-refractivity contribution in [3.63, 3.8) is 0 Å². The second-order valence-corrected chi connectivity index (χ2v) is 4.32. The van der Waals surface area contributed by atoms with Crippen LogP contribution in [-0.2, 0) is 4.79 Å². The molecule has 2 N–H and O–H groups in total. The highest BCUT2D eigenvalue weighted by atomic mass is 35.5. The van der Waals surface area contributed by atoms with Gasteiger partial charge in [0.1, 0.15) is 6.54 Å². The van der Waals surface area contributed by atoms with Crippen LogP contribution >= 0.6 is 11.6 Å². The van der Waals surface area contributed by atoms with Gasteiger partial charge in [0, 0.05) is 18.7 Å². The molecule has 1 rings (SSSR count). The minimum absolute atomic E-state index is 0.00464. The normalized spacial score (nSPS) is 9.76. The van der Waals surface area contributed by atoms with E-state index in [9.17, 15) is 19.7 Å².